The van der Waals surface area contributed by atoms with Crippen molar-refractivity contribution in [3.8, 4) is 0 Å². The molecular formula is C14H23ClN2OS. The molecule has 0 aliphatic carbocycles. The Morgan fingerprint density at radius 1 is 1.37 bits per heavy atom. The van der Waals surface area contributed by atoms with Gasteiger partial charge < -0.3 is 11.1 Å². The molecule has 0 aliphatic rings. The highest BCUT2D eigenvalue weighted by molar-refractivity contribution is 7.98. The molecule has 0 saturated carbocycles. The van der Waals surface area contributed by atoms with Crippen molar-refractivity contribution in [3.05, 3.63) is 35.9 Å². The van der Waals surface area contributed by atoms with Gasteiger partial charge in [-0.05, 0) is 36.8 Å². The maximum atomic E-state index is 11.6. The van der Waals surface area contributed by atoms with Gasteiger partial charge in [0.25, 0.3) is 0 Å². The number of benzene rings is 1. The van der Waals surface area contributed by atoms with Gasteiger partial charge >= 0.3 is 0 Å². The molecule has 0 bridgehead atoms. The molecule has 3 nitrogen and oxygen atoms in total. The summed E-state index contributed by atoms with van der Waals surface area (Å²) in [6, 6.07) is 9.92. The molecular weight excluding hydrogens is 280 g/mol. The standard InChI is InChI=1S/C14H22N2OS.ClH/c1-18-11-9-13(15)14(17)16-10-5-8-12-6-3-2-4-7-12;/h2-4,6-7,13H,5,8-11,15H2,1H3,(H,16,17);1H/t13-;/m1./s1. The Bertz CT molecular complexity index is 349. The van der Waals surface area contributed by atoms with Crippen molar-refractivity contribution in [2.75, 3.05) is 18.6 Å². The molecule has 0 saturated heterocycles. The van der Waals surface area contributed by atoms with E-state index in [4.69, 9.17) is 5.73 Å². The lowest BCUT2D eigenvalue weighted by molar-refractivity contribution is -0.122. The number of thioether (sulfide) groups is 1. The predicted molar refractivity (Wildman–Crippen MR) is 86.0 cm³/mol. The summed E-state index contributed by atoms with van der Waals surface area (Å²) in [6.07, 6.45) is 4.70. The number of hydrogen-bond donors (Lipinski definition) is 2. The summed E-state index contributed by atoms with van der Waals surface area (Å²) >= 11 is 1.71. The van der Waals surface area contributed by atoms with Crippen LogP contribution in [0.5, 0.6) is 0 Å². The van der Waals surface area contributed by atoms with E-state index in [1.54, 1.807) is 11.8 Å². The first-order valence-electron chi connectivity index (χ1n) is 6.30. The van der Waals surface area contributed by atoms with E-state index in [0.29, 0.717) is 6.54 Å². The number of halogens is 1. The summed E-state index contributed by atoms with van der Waals surface area (Å²) in [5, 5.41) is 2.89. The third-order valence-corrected chi connectivity index (χ3v) is 3.40. The Balaban J connectivity index is 0.00000324. The van der Waals surface area contributed by atoms with Crippen molar-refractivity contribution >= 4 is 30.1 Å². The molecule has 0 unspecified atom stereocenters. The molecule has 108 valence electrons. The zero-order chi connectivity index (χ0) is 13.2. The molecule has 1 atom stereocenters. The Kier molecular flexibility index (Phi) is 10.7. The minimum absolute atomic E-state index is 0. The van der Waals surface area contributed by atoms with Crippen LogP contribution in [0, 0.1) is 0 Å². The molecule has 1 aromatic carbocycles. The zero-order valence-electron chi connectivity index (χ0n) is 11.3. The lowest BCUT2D eigenvalue weighted by Gasteiger charge is -2.11. The van der Waals surface area contributed by atoms with Crippen LogP contribution in [0.25, 0.3) is 0 Å². The smallest absolute Gasteiger partial charge is 0.236 e. The first kappa shape index (κ1) is 18.3. The number of aryl methyl sites for hydroxylation is 1. The number of rotatable bonds is 8. The molecule has 0 heterocycles. The van der Waals surface area contributed by atoms with E-state index in [9.17, 15) is 4.79 Å². The molecule has 0 spiro atoms. The second kappa shape index (κ2) is 11.1. The molecule has 3 N–H and O–H groups in total. The maximum Gasteiger partial charge on any atom is 0.236 e. The number of carbonyl (C=O) groups excluding carboxylic acids is 1. The van der Waals surface area contributed by atoms with Crippen LogP contribution in [0.3, 0.4) is 0 Å². The van der Waals surface area contributed by atoms with E-state index >= 15 is 0 Å². The lowest BCUT2D eigenvalue weighted by Crippen LogP contribution is -2.41. The second-order valence-corrected chi connectivity index (χ2v) is 5.25. The fourth-order valence-corrected chi connectivity index (χ4v) is 2.15. The highest BCUT2D eigenvalue weighted by Crippen LogP contribution is 2.02. The number of carbonyl (C=O) groups is 1. The highest BCUT2D eigenvalue weighted by atomic mass is 35.5. The van der Waals surface area contributed by atoms with E-state index in [2.05, 4.69) is 17.4 Å². The van der Waals surface area contributed by atoms with Crippen molar-refractivity contribution in [2.45, 2.75) is 25.3 Å². The molecule has 19 heavy (non-hydrogen) atoms. The van der Waals surface area contributed by atoms with Crippen molar-refractivity contribution in [1.29, 1.82) is 0 Å². The number of nitrogens with one attached hydrogen (secondary N) is 1. The molecule has 0 aromatic heterocycles. The monoisotopic (exact) mass is 302 g/mol. The zero-order valence-corrected chi connectivity index (χ0v) is 12.9. The average Bonchev–Trinajstić information content (AvgIpc) is 2.41. The normalized spacial score (nSPS) is 11.5. The van der Waals surface area contributed by atoms with Crippen molar-refractivity contribution in [1.82, 2.24) is 5.32 Å². The molecule has 0 fully saturated rings. The van der Waals surface area contributed by atoms with Gasteiger partial charge in [0.05, 0.1) is 6.04 Å². The third-order valence-electron chi connectivity index (χ3n) is 2.75. The minimum Gasteiger partial charge on any atom is -0.355 e. The summed E-state index contributed by atoms with van der Waals surface area (Å²) in [6.45, 7) is 0.695. The van der Waals surface area contributed by atoms with Crippen LogP contribution in [0.15, 0.2) is 30.3 Å². The quantitative estimate of drug-likeness (QED) is 0.724. The van der Waals surface area contributed by atoms with Gasteiger partial charge in [0.15, 0.2) is 0 Å². The van der Waals surface area contributed by atoms with E-state index < -0.39 is 0 Å². The average molecular weight is 303 g/mol. The Morgan fingerprint density at radius 3 is 2.68 bits per heavy atom. The first-order valence-corrected chi connectivity index (χ1v) is 7.69. The highest BCUT2D eigenvalue weighted by Gasteiger charge is 2.11. The molecule has 0 radical (unpaired) electrons. The SMILES string of the molecule is CSCC[C@@H](N)C(=O)NCCCc1ccccc1.Cl. The van der Waals surface area contributed by atoms with E-state index in [-0.39, 0.29) is 24.4 Å². The van der Waals surface area contributed by atoms with Crippen LogP contribution in [-0.2, 0) is 11.2 Å². The van der Waals surface area contributed by atoms with Gasteiger partial charge in [-0.2, -0.15) is 11.8 Å². The third kappa shape index (κ3) is 8.14. The van der Waals surface area contributed by atoms with Gasteiger partial charge in [-0.25, -0.2) is 0 Å². The summed E-state index contributed by atoms with van der Waals surface area (Å²) in [4.78, 5) is 11.6. The van der Waals surface area contributed by atoms with E-state index in [0.717, 1.165) is 25.0 Å². The predicted octanol–water partition coefficient (Wildman–Crippen LogP) is 2.24. The number of amides is 1. The molecule has 1 amide bonds. The second-order valence-electron chi connectivity index (χ2n) is 4.27. The van der Waals surface area contributed by atoms with E-state index in [1.807, 2.05) is 24.5 Å². The summed E-state index contributed by atoms with van der Waals surface area (Å²) in [5.74, 6) is 0.899. The number of nitrogens with two attached hydrogens (primary N) is 1. The molecule has 1 aromatic rings. The summed E-state index contributed by atoms with van der Waals surface area (Å²) in [7, 11) is 0. The minimum atomic E-state index is -0.367. The fraction of sp³-hybridized carbons (Fsp3) is 0.500. The largest absolute Gasteiger partial charge is 0.355 e. The summed E-state index contributed by atoms with van der Waals surface area (Å²) < 4.78 is 0. The Labute approximate surface area is 126 Å². The van der Waals surface area contributed by atoms with Gasteiger partial charge in [0.2, 0.25) is 5.91 Å². The Morgan fingerprint density at radius 2 is 2.05 bits per heavy atom. The number of hydrogen-bond acceptors (Lipinski definition) is 3. The fourth-order valence-electron chi connectivity index (χ4n) is 1.66. The topological polar surface area (TPSA) is 55.1 Å². The van der Waals surface area contributed by atoms with Gasteiger partial charge in [-0.15, -0.1) is 12.4 Å². The van der Waals surface area contributed by atoms with Crippen molar-refractivity contribution in [2.24, 2.45) is 5.73 Å². The maximum absolute atomic E-state index is 11.6. The van der Waals surface area contributed by atoms with E-state index in [1.165, 1.54) is 5.56 Å². The van der Waals surface area contributed by atoms with Crippen LogP contribution in [0.2, 0.25) is 0 Å². The van der Waals surface area contributed by atoms with Crippen LogP contribution in [-0.4, -0.2) is 30.5 Å². The van der Waals surface area contributed by atoms with Crippen molar-refractivity contribution < 1.29 is 4.79 Å². The molecule has 5 heteroatoms. The van der Waals surface area contributed by atoms with Crippen LogP contribution in [0.4, 0.5) is 0 Å². The lowest BCUT2D eigenvalue weighted by atomic mass is 10.1. The van der Waals surface area contributed by atoms with Crippen molar-refractivity contribution in [3.63, 3.8) is 0 Å². The summed E-state index contributed by atoms with van der Waals surface area (Å²) in [5.41, 5.74) is 7.08. The van der Waals surface area contributed by atoms with Crippen LogP contribution >= 0.6 is 24.2 Å². The Hall–Kier alpha value is -0.710. The first-order chi connectivity index (χ1) is 8.74. The van der Waals surface area contributed by atoms with Gasteiger partial charge in [-0.1, -0.05) is 30.3 Å². The van der Waals surface area contributed by atoms with Gasteiger partial charge in [0.1, 0.15) is 0 Å². The van der Waals surface area contributed by atoms with Gasteiger partial charge in [-0.3, -0.25) is 4.79 Å². The van der Waals surface area contributed by atoms with Gasteiger partial charge in [0, 0.05) is 6.54 Å². The molecule has 1 rings (SSSR count). The van der Waals surface area contributed by atoms with Crippen LogP contribution < -0.4 is 11.1 Å². The molecule has 0 aliphatic heterocycles. The van der Waals surface area contributed by atoms with Crippen LogP contribution in [0.1, 0.15) is 18.4 Å².